The largest absolute Gasteiger partial charge is 0.422 e. The molecule has 45 heavy (non-hydrogen) atoms. The number of hydrogen-bond donors (Lipinski definition) is 1. The first-order chi connectivity index (χ1) is 22.0. The Morgan fingerprint density at radius 1 is 0.867 bits per heavy atom. The Morgan fingerprint density at radius 2 is 1.51 bits per heavy atom. The molecule has 6 aromatic rings. The van der Waals surface area contributed by atoms with Crippen LogP contribution >= 0.6 is 0 Å². The monoisotopic (exact) mass is 592 g/mol. The maximum absolute atomic E-state index is 13.7. The average molecular weight is 593 g/mol. The Morgan fingerprint density at radius 3 is 2.24 bits per heavy atom. The van der Waals surface area contributed by atoms with E-state index >= 15 is 0 Å². The van der Waals surface area contributed by atoms with Gasteiger partial charge in [0.2, 0.25) is 0 Å². The highest BCUT2D eigenvalue weighted by Crippen LogP contribution is 2.27. The zero-order chi connectivity index (χ0) is 31.2. The first-order valence-corrected chi connectivity index (χ1v) is 14.3. The lowest BCUT2D eigenvalue weighted by Gasteiger charge is -2.08. The predicted molar refractivity (Wildman–Crippen MR) is 175 cm³/mol. The summed E-state index contributed by atoms with van der Waals surface area (Å²) in [5, 5.41) is 9.78. The molecule has 0 unspecified atom stereocenters. The van der Waals surface area contributed by atoms with Crippen molar-refractivity contribution >= 4 is 34.4 Å². The van der Waals surface area contributed by atoms with Crippen LogP contribution in [0.2, 0.25) is 0 Å². The molecule has 4 aromatic carbocycles. The van der Waals surface area contributed by atoms with Gasteiger partial charge < -0.3 is 4.42 Å². The van der Waals surface area contributed by atoms with Gasteiger partial charge in [-0.2, -0.15) is 10.2 Å². The molecular formula is C37H28N4O4. The smallest absolute Gasteiger partial charge is 0.345 e. The third-order valence-corrected chi connectivity index (χ3v) is 7.24. The van der Waals surface area contributed by atoms with Crippen LogP contribution in [0.5, 0.6) is 0 Å². The van der Waals surface area contributed by atoms with Gasteiger partial charge in [0.25, 0.3) is 5.91 Å². The summed E-state index contributed by atoms with van der Waals surface area (Å²) in [5.74, 6) is -0.820. The normalized spacial score (nSPS) is 11.8. The highest BCUT2D eigenvalue weighted by molar-refractivity contribution is 6.08. The standard InChI is InChI=1S/C37H28N4O4/c1-25(32-22-28-17-11-12-20-34(28)45-37(32)44)38-39-36(43)29(23-33(42)26-13-5-2-6-14-26)21-30-24-41(31-18-9-4-10-19-31)40-35(30)27-15-7-3-8-16-27/h2-22,24H,23H2,1H3,(H,39,43). The van der Waals surface area contributed by atoms with E-state index in [1.165, 1.54) is 0 Å². The molecule has 0 radical (unpaired) electrons. The summed E-state index contributed by atoms with van der Waals surface area (Å²) >= 11 is 0. The summed E-state index contributed by atoms with van der Waals surface area (Å²) in [5.41, 5.74) is 6.56. The van der Waals surface area contributed by atoms with Crippen molar-refractivity contribution in [1.29, 1.82) is 0 Å². The van der Waals surface area contributed by atoms with Crippen molar-refractivity contribution < 1.29 is 14.0 Å². The van der Waals surface area contributed by atoms with Crippen molar-refractivity contribution in [2.75, 3.05) is 0 Å². The molecule has 0 aliphatic rings. The minimum atomic E-state index is -0.588. The zero-order valence-corrected chi connectivity index (χ0v) is 24.4. The van der Waals surface area contributed by atoms with Crippen LogP contribution in [0.25, 0.3) is 34.0 Å². The number of fused-ring (bicyclic) bond motifs is 1. The number of Topliss-reactive ketones (excluding diaryl/α,β-unsaturated/α-hetero) is 1. The third kappa shape index (κ3) is 6.60. The van der Waals surface area contributed by atoms with Crippen LogP contribution < -0.4 is 11.1 Å². The van der Waals surface area contributed by atoms with E-state index in [-0.39, 0.29) is 29.1 Å². The number of amides is 1. The summed E-state index contributed by atoms with van der Waals surface area (Å²) in [4.78, 5) is 39.7. The van der Waals surface area contributed by atoms with Crippen molar-refractivity contribution in [3.63, 3.8) is 0 Å². The van der Waals surface area contributed by atoms with Crippen LogP contribution in [0.4, 0.5) is 0 Å². The van der Waals surface area contributed by atoms with Gasteiger partial charge in [0.15, 0.2) is 5.78 Å². The first kappa shape index (κ1) is 28.9. The number of aromatic nitrogens is 2. The number of para-hydroxylation sites is 2. The number of nitrogens with one attached hydrogen (secondary N) is 1. The third-order valence-electron chi connectivity index (χ3n) is 7.24. The molecule has 0 fully saturated rings. The van der Waals surface area contributed by atoms with Gasteiger partial charge in [-0.05, 0) is 37.3 Å². The molecule has 8 nitrogen and oxygen atoms in total. The molecule has 1 N–H and O–H groups in total. The summed E-state index contributed by atoms with van der Waals surface area (Å²) in [6.45, 7) is 1.61. The maximum Gasteiger partial charge on any atom is 0.345 e. The minimum absolute atomic E-state index is 0.177. The molecule has 0 spiro atoms. The van der Waals surface area contributed by atoms with Gasteiger partial charge in [-0.15, -0.1) is 0 Å². The Hall–Kier alpha value is -6.15. The van der Waals surface area contributed by atoms with Crippen molar-refractivity contribution in [1.82, 2.24) is 15.2 Å². The van der Waals surface area contributed by atoms with Crippen molar-refractivity contribution in [3.05, 3.63) is 160 Å². The molecule has 6 rings (SSSR count). The van der Waals surface area contributed by atoms with Gasteiger partial charge >= 0.3 is 5.63 Å². The quantitative estimate of drug-likeness (QED) is 0.0650. The molecule has 2 heterocycles. The highest BCUT2D eigenvalue weighted by Gasteiger charge is 2.19. The van der Waals surface area contributed by atoms with E-state index in [2.05, 4.69) is 10.5 Å². The van der Waals surface area contributed by atoms with E-state index in [0.717, 1.165) is 16.6 Å². The van der Waals surface area contributed by atoms with Crippen molar-refractivity contribution in [3.8, 4) is 16.9 Å². The second-order valence-electron chi connectivity index (χ2n) is 10.3. The Kier molecular flexibility index (Phi) is 8.37. The van der Waals surface area contributed by atoms with Crippen molar-refractivity contribution in [2.45, 2.75) is 13.3 Å². The first-order valence-electron chi connectivity index (χ1n) is 14.3. The van der Waals surface area contributed by atoms with Crippen LogP contribution in [-0.2, 0) is 4.79 Å². The number of carbonyl (C=O) groups excluding carboxylic acids is 2. The molecule has 0 atom stereocenters. The fourth-order valence-corrected chi connectivity index (χ4v) is 4.89. The molecule has 0 saturated heterocycles. The molecule has 0 bridgehead atoms. The number of rotatable bonds is 9. The van der Waals surface area contributed by atoms with E-state index in [1.807, 2.05) is 85.1 Å². The molecule has 1 amide bonds. The lowest BCUT2D eigenvalue weighted by molar-refractivity contribution is -0.117. The topological polar surface area (TPSA) is 107 Å². The summed E-state index contributed by atoms with van der Waals surface area (Å²) in [6, 6.07) is 36.9. The minimum Gasteiger partial charge on any atom is -0.422 e. The number of hydrazone groups is 1. The summed E-state index contributed by atoms with van der Waals surface area (Å²) in [7, 11) is 0. The molecule has 0 aliphatic heterocycles. The van der Waals surface area contributed by atoms with Crippen LogP contribution in [0.1, 0.15) is 34.8 Å². The second kappa shape index (κ2) is 13.0. The fourth-order valence-electron chi connectivity index (χ4n) is 4.89. The van der Waals surface area contributed by atoms with E-state index < -0.39 is 11.5 Å². The van der Waals surface area contributed by atoms with Crippen molar-refractivity contribution in [2.24, 2.45) is 5.10 Å². The van der Waals surface area contributed by atoms with E-state index in [1.54, 1.807) is 60.1 Å². The van der Waals surface area contributed by atoms with Gasteiger partial charge in [0.1, 0.15) is 5.58 Å². The Labute approximate surface area is 259 Å². The summed E-state index contributed by atoms with van der Waals surface area (Å²) in [6.07, 6.45) is 3.31. The molecule has 0 aliphatic carbocycles. The Balaban J connectivity index is 1.39. The molecule has 8 heteroatoms. The zero-order valence-electron chi connectivity index (χ0n) is 24.4. The van der Waals surface area contributed by atoms with Crippen LogP contribution in [-0.4, -0.2) is 27.2 Å². The number of nitrogens with zero attached hydrogens (tertiary/aromatic N) is 3. The molecule has 220 valence electrons. The lowest BCUT2D eigenvalue weighted by atomic mass is 9.99. The van der Waals surface area contributed by atoms with Gasteiger partial charge in [0, 0.05) is 40.3 Å². The van der Waals surface area contributed by atoms with E-state index in [4.69, 9.17) is 9.52 Å². The fraction of sp³-hybridized carbons (Fsp3) is 0.0541. The van der Waals surface area contributed by atoms with Crippen LogP contribution in [0.3, 0.4) is 0 Å². The lowest BCUT2D eigenvalue weighted by Crippen LogP contribution is -2.24. The number of hydrogen-bond acceptors (Lipinski definition) is 6. The molecule has 0 saturated carbocycles. The summed E-state index contributed by atoms with van der Waals surface area (Å²) < 4.78 is 7.17. The molecular weight excluding hydrogens is 564 g/mol. The van der Waals surface area contributed by atoms with Crippen LogP contribution in [0.15, 0.2) is 147 Å². The maximum atomic E-state index is 13.7. The van der Waals surface area contributed by atoms with E-state index in [0.29, 0.717) is 22.4 Å². The van der Waals surface area contributed by atoms with E-state index in [9.17, 15) is 14.4 Å². The SMILES string of the molecule is CC(=NNC(=O)C(=Cc1cn(-c2ccccc2)nc1-c1ccccc1)CC(=O)c1ccccc1)c1cc2ccccc2oc1=O. The van der Waals surface area contributed by atoms with Crippen LogP contribution in [0, 0.1) is 0 Å². The second-order valence-corrected chi connectivity index (χ2v) is 10.3. The van der Waals surface area contributed by atoms with Gasteiger partial charge in [0.05, 0.1) is 22.7 Å². The van der Waals surface area contributed by atoms with Gasteiger partial charge in [-0.3, -0.25) is 9.59 Å². The molecule has 2 aromatic heterocycles. The highest BCUT2D eigenvalue weighted by atomic mass is 16.4. The number of ketones is 1. The number of carbonyl (C=O) groups is 2. The average Bonchev–Trinajstić information content (AvgIpc) is 3.51. The predicted octanol–water partition coefficient (Wildman–Crippen LogP) is 6.84. The van der Waals surface area contributed by atoms with Gasteiger partial charge in [-0.1, -0.05) is 97.1 Å². The van der Waals surface area contributed by atoms with Gasteiger partial charge in [-0.25, -0.2) is 14.9 Å². The Bertz CT molecular complexity index is 2110. The number of benzene rings is 4.